The second kappa shape index (κ2) is 5.86. The average molecular weight is 175 g/mol. The zero-order chi connectivity index (χ0) is 9.56. The number of halogens is 2. The van der Waals surface area contributed by atoms with Gasteiger partial charge in [0.1, 0.15) is 0 Å². The van der Waals surface area contributed by atoms with Crippen LogP contribution in [0.4, 0.5) is 8.78 Å². The molecule has 3 heteroatoms. The van der Waals surface area contributed by atoms with Crippen molar-refractivity contribution in [1.29, 1.82) is 0 Å². The van der Waals surface area contributed by atoms with Gasteiger partial charge in [-0.1, -0.05) is 26.8 Å². The van der Waals surface area contributed by atoms with Gasteiger partial charge in [-0.25, -0.2) is 9.38 Å². The monoisotopic (exact) mass is 175 g/mol. The molecular formula is C9H15F2N. The van der Waals surface area contributed by atoms with Crippen LogP contribution in [0.5, 0.6) is 0 Å². The van der Waals surface area contributed by atoms with Gasteiger partial charge in [0.2, 0.25) is 5.97 Å². The smallest absolute Gasteiger partial charge is 0.210 e. The van der Waals surface area contributed by atoms with Gasteiger partial charge in [0.15, 0.2) is 6.80 Å². The van der Waals surface area contributed by atoms with Crippen molar-refractivity contribution >= 4 is 5.97 Å². The molecule has 0 aliphatic rings. The topological polar surface area (TPSA) is 12.4 Å². The number of aliphatic imine (C=N–C) groups is 1. The molecule has 70 valence electrons. The van der Waals surface area contributed by atoms with Crippen LogP contribution in [0, 0.1) is 11.8 Å². The molecule has 0 aromatic carbocycles. The minimum absolute atomic E-state index is 0.283. The van der Waals surface area contributed by atoms with Crippen molar-refractivity contribution in [3.63, 3.8) is 0 Å². The van der Waals surface area contributed by atoms with Crippen LogP contribution in [0.2, 0.25) is 0 Å². The van der Waals surface area contributed by atoms with Gasteiger partial charge in [-0.3, -0.25) is 0 Å². The third kappa shape index (κ3) is 4.99. The van der Waals surface area contributed by atoms with Gasteiger partial charge in [-0.15, -0.1) is 0 Å². The Morgan fingerprint density at radius 1 is 1.42 bits per heavy atom. The summed E-state index contributed by atoms with van der Waals surface area (Å²) >= 11 is 0. The van der Waals surface area contributed by atoms with Crippen molar-refractivity contribution in [2.75, 3.05) is 6.80 Å². The van der Waals surface area contributed by atoms with Crippen LogP contribution in [-0.2, 0) is 0 Å². The molecule has 0 rings (SSSR count). The summed E-state index contributed by atoms with van der Waals surface area (Å²) in [4.78, 5) is 2.95. The Balaban J connectivity index is 3.97. The highest BCUT2D eigenvalue weighted by Crippen LogP contribution is 2.10. The van der Waals surface area contributed by atoms with Gasteiger partial charge >= 0.3 is 0 Å². The number of nitrogens with zero attached hydrogens (tertiary/aromatic N) is 1. The highest BCUT2D eigenvalue weighted by molar-refractivity contribution is 5.86. The van der Waals surface area contributed by atoms with Gasteiger partial charge < -0.3 is 0 Å². The molecule has 0 aromatic rings. The fraction of sp³-hybridized carbons (Fsp3) is 0.667. The molecule has 1 unspecified atom stereocenters. The Labute approximate surface area is 72.2 Å². The first-order valence-electron chi connectivity index (χ1n) is 4.02. The Morgan fingerprint density at radius 3 is 2.42 bits per heavy atom. The van der Waals surface area contributed by atoms with Gasteiger partial charge in [0.05, 0.1) is 0 Å². The number of hydrogen-bond donors (Lipinski definition) is 0. The van der Waals surface area contributed by atoms with Crippen molar-refractivity contribution in [2.24, 2.45) is 16.8 Å². The summed E-state index contributed by atoms with van der Waals surface area (Å²) in [5.74, 6) is -0.00464. The maximum atomic E-state index is 12.5. The summed E-state index contributed by atoms with van der Waals surface area (Å²) in [7, 11) is 0. The van der Waals surface area contributed by atoms with E-state index in [9.17, 15) is 8.78 Å². The molecule has 0 aliphatic carbocycles. The molecule has 0 bridgehead atoms. The van der Waals surface area contributed by atoms with Crippen molar-refractivity contribution in [2.45, 2.75) is 20.8 Å². The lowest BCUT2D eigenvalue weighted by Crippen LogP contribution is -2.00. The fourth-order valence-electron chi connectivity index (χ4n) is 0.563. The van der Waals surface area contributed by atoms with Crippen LogP contribution < -0.4 is 0 Å². The standard InChI is InChI=1S/C9H15F2N/c1-7(2)8(3)4-5-9(11)12-6-10/h4-5,7-8H,6H2,1-3H3/b5-4-,12-9+. The number of allylic oxidation sites excluding steroid dienone is 2. The molecule has 0 aliphatic heterocycles. The molecule has 1 nitrogen and oxygen atoms in total. The van der Waals surface area contributed by atoms with Crippen LogP contribution >= 0.6 is 0 Å². The molecule has 0 amide bonds. The molecule has 0 spiro atoms. The lowest BCUT2D eigenvalue weighted by molar-refractivity contribution is 0.502. The van der Waals surface area contributed by atoms with Crippen LogP contribution in [0.25, 0.3) is 0 Å². The van der Waals surface area contributed by atoms with E-state index in [0.717, 1.165) is 0 Å². The number of alkyl halides is 1. The quantitative estimate of drug-likeness (QED) is 0.460. The summed E-state index contributed by atoms with van der Waals surface area (Å²) in [5.41, 5.74) is 0. The summed E-state index contributed by atoms with van der Waals surface area (Å²) in [6.07, 6.45) is 2.91. The summed E-state index contributed by atoms with van der Waals surface area (Å²) in [6, 6.07) is 0. The van der Waals surface area contributed by atoms with Gasteiger partial charge in [0.25, 0.3) is 0 Å². The van der Waals surface area contributed by atoms with E-state index < -0.39 is 12.8 Å². The first-order chi connectivity index (χ1) is 5.57. The summed E-state index contributed by atoms with van der Waals surface area (Å²) < 4.78 is 23.9. The van der Waals surface area contributed by atoms with E-state index in [1.54, 1.807) is 6.08 Å². The predicted octanol–water partition coefficient (Wildman–Crippen LogP) is 3.13. The molecule has 0 fully saturated rings. The molecular weight excluding hydrogens is 160 g/mol. The van der Waals surface area contributed by atoms with E-state index in [-0.39, 0.29) is 5.92 Å². The summed E-state index contributed by atoms with van der Waals surface area (Å²) in [5, 5.41) is 0. The normalized spacial score (nSPS) is 16.0. The zero-order valence-corrected chi connectivity index (χ0v) is 7.72. The van der Waals surface area contributed by atoms with E-state index in [1.165, 1.54) is 6.08 Å². The lowest BCUT2D eigenvalue weighted by Gasteiger charge is -2.08. The van der Waals surface area contributed by atoms with Crippen LogP contribution in [0.3, 0.4) is 0 Å². The molecule has 1 atom stereocenters. The van der Waals surface area contributed by atoms with Crippen molar-refractivity contribution in [3.05, 3.63) is 12.2 Å². The van der Waals surface area contributed by atoms with Crippen molar-refractivity contribution in [1.82, 2.24) is 0 Å². The third-order valence-corrected chi connectivity index (χ3v) is 1.80. The zero-order valence-electron chi connectivity index (χ0n) is 7.72. The maximum Gasteiger partial charge on any atom is 0.210 e. The second-order valence-electron chi connectivity index (χ2n) is 3.06. The van der Waals surface area contributed by atoms with Gasteiger partial charge in [-0.05, 0) is 17.9 Å². The SMILES string of the molecule is CC(C)C(C)/C=C\C(F)=N/CF. The highest BCUT2D eigenvalue weighted by Gasteiger charge is 2.01. The first kappa shape index (κ1) is 11.3. The Morgan fingerprint density at radius 2 is 2.00 bits per heavy atom. The Kier molecular flexibility index (Phi) is 5.51. The minimum Gasteiger partial charge on any atom is -0.225 e. The van der Waals surface area contributed by atoms with E-state index >= 15 is 0 Å². The molecule has 0 saturated carbocycles. The highest BCUT2D eigenvalue weighted by atomic mass is 19.1. The second-order valence-corrected chi connectivity index (χ2v) is 3.06. The largest absolute Gasteiger partial charge is 0.225 e. The van der Waals surface area contributed by atoms with Gasteiger partial charge in [-0.2, -0.15) is 4.39 Å². The number of rotatable bonds is 4. The maximum absolute atomic E-state index is 12.5. The first-order valence-corrected chi connectivity index (χ1v) is 4.02. The van der Waals surface area contributed by atoms with E-state index in [1.807, 2.05) is 20.8 Å². The fourth-order valence-corrected chi connectivity index (χ4v) is 0.563. The van der Waals surface area contributed by atoms with E-state index in [0.29, 0.717) is 5.92 Å². The van der Waals surface area contributed by atoms with Crippen molar-refractivity contribution in [3.8, 4) is 0 Å². The van der Waals surface area contributed by atoms with E-state index in [4.69, 9.17) is 0 Å². The molecule has 0 saturated heterocycles. The van der Waals surface area contributed by atoms with E-state index in [2.05, 4.69) is 4.99 Å². The van der Waals surface area contributed by atoms with Crippen LogP contribution in [-0.4, -0.2) is 12.8 Å². The lowest BCUT2D eigenvalue weighted by atomic mass is 9.98. The van der Waals surface area contributed by atoms with Crippen LogP contribution in [0.15, 0.2) is 17.1 Å². The Bertz CT molecular complexity index is 173. The third-order valence-electron chi connectivity index (χ3n) is 1.80. The van der Waals surface area contributed by atoms with Gasteiger partial charge in [0, 0.05) is 0 Å². The molecule has 0 N–H and O–H groups in total. The molecule has 0 aromatic heterocycles. The molecule has 0 heterocycles. The minimum atomic E-state index is -0.994. The summed E-state index contributed by atoms with van der Waals surface area (Å²) in [6.45, 7) is 5.06. The van der Waals surface area contributed by atoms with Crippen LogP contribution in [0.1, 0.15) is 20.8 Å². The van der Waals surface area contributed by atoms with Crippen molar-refractivity contribution < 1.29 is 8.78 Å². The Hall–Kier alpha value is -0.730. The molecule has 12 heavy (non-hydrogen) atoms. The molecule has 0 radical (unpaired) electrons. The number of hydrogen-bond acceptors (Lipinski definition) is 1. The average Bonchev–Trinajstić information content (AvgIpc) is 2.00. The predicted molar refractivity (Wildman–Crippen MR) is 47.7 cm³/mol.